The van der Waals surface area contributed by atoms with Crippen molar-refractivity contribution in [2.75, 3.05) is 18.4 Å². The fourth-order valence-electron chi connectivity index (χ4n) is 2.30. The minimum atomic E-state index is -3.84. The Morgan fingerprint density at radius 3 is 2.57 bits per heavy atom. The first kappa shape index (κ1) is 17.1. The van der Waals surface area contributed by atoms with Crippen LogP contribution < -0.4 is 10.6 Å². The number of halogens is 2. The predicted octanol–water partition coefficient (Wildman–Crippen LogP) is 1.67. The lowest BCUT2D eigenvalue weighted by molar-refractivity contribution is -0.384. The lowest BCUT2D eigenvalue weighted by atomic mass is 9.75. The van der Waals surface area contributed by atoms with E-state index in [0.717, 1.165) is 0 Å². The molecule has 0 bridgehead atoms. The maximum absolute atomic E-state index is 13.8. The third kappa shape index (κ3) is 3.39. The maximum atomic E-state index is 13.8. The minimum absolute atomic E-state index is 0.0328. The summed E-state index contributed by atoms with van der Waals surface area (Å²) in [5, 5.41) is 25.2. The van der Waals surface area contributed by atoms with E-state index in [1.165, 1.54) is 18.2 Å². The van der Waals surface area contributed by atoms with E-state index >= 15 is 0 Å². The van der Waals surface area contributed by atoms with Crippen LogP contribution in [0.25, 0.3) is 0 Å². The smallest absolute Gasteiger partial charge is 0.352 e. The molecule has 9 heteroatoms. The van der Waals surface area contributed by atoms with E-state index in [1.54, 1.807) is 6.07 Å². The molecule has 1 aromatic carbocycles. The van der Waals surface area contributed by atoms with Gasteiger partial charge in [0.2, 0.25) is 0 Å². The second-order valence-electron chi connectivity index (χ2n) is 5.42. The number of nitrogens with one attached hydrogen (secondary N) is 2. The number of carbonyl (C=O) groups excluding carboxylic acids is 1. The number of para-hydroxylation sites is 2. The minimum Gasteiger partial charge on any atom is -0.383 e. The number of hydrogen-bond acceptors (Lipinski definition) is 5. The van der Waals surface area contributed by atoms with Gasteiger partial charge >= 0.3 is 5.92 Å². The number of nitro groups is 1. The van der Waals surface area contributed by atoms with Gasteiger partial charge in [0.1, 0.15) is 11.3 Å². The Balaban J connectivity index is 1.84. The Hall–Kier alpha value is -2.29. The van der Waals surface area contributed by atoms with E-state index in [2.05, 4.69) is 5.32 Å². The van der Waals surface area contributed by atoms with Crippen LogP contribution in [0, 0.1) is 10.1 Å². The number of benzene rings is 1. The zero-order valence-electron chi connectivity index (χ0n) is 12.2. The van der Waals surface area contributed by atoms with Gasteiger partial charge in [-0.05, 0) is 25.3 Å². The van der Waals surface area contributed by atoms with Gasteiger partial charge in [0.25, 0.3) is 11.6 Å². The average Bonchev–Trinajstić information content (AvgIpc) is 2.48. The highest BCUT2D eigenvalue weighted by Crippen LogP contribution is 2.44. The molecular weight excluding hydrogens is 312 g/mol. The third-order valence-electron chi connectivity index (χ3n) is 3.88. The highest BCUT2D eigenvalue weighted by Gasteiger charge is 2.60. The SMILES string of the molecule is O=C(NCCNc1ccccc1[N+](=O)[O-])C(F)(F)C1(O)CCC1. The van der Waals surface area contributed by atoms with E-state index in [1.807, 2.05) is 5.32 Å². The molecule has 23 heavy (non-hydrogen) atoms. The number of hydrogen-bond donors (Lipinski definition) is 3. The maximum Gasteiger partial charge on any atom is 0.352 e. The molecule has 1 saturated carbocycles. The standard InChI is InChI=1S/C14H17F2N3O4/c15-14(16,13(21)6-3-7-13)12(20)18-9-8-17-10-4-1-2-5-11(10)19(22)23/h1-2,4-5,17,21H,3,6-9H2,(H,18,20). The van der Waals surface area contributed by atoms with Gasteiger partial charge in [-0.25, -0.2) is 0 Å². The quantitative estimate of drug-likeness (QED) is 0.401. The number of anilines is 1. The number of alkyl halides is 2. The Bertz CT molecular complexity index is 605. The largest absolute Gasteiger partial charge is 0.383 e. The molecule has 126 valence electrons. The lowest BCUT2D eigenvalue weighted by Crippen LogP contribution is -2.60. The molecule has 0 aliphatic heterocycles. The predicted molar refractivity (Wildman–Crippen MR) is 78.3 cm³/mol. The normalized spacial score (nSPS) is 16.3. The van der Waals surface area contributed by atoms with Crippen molar-refractivity contribution in [3.8, 4) is 0 Å². The summed E-state index contributed by atoms with van der Waals surface area (Å²) in [6.07, 6.45) is 0.238. The van der Waals surface area contributed by atoms with Gasteiger partial charge in [0.05, 0.1) is 4.92 Å². The Morgan fingerprint density at radius 1 is 1.35 bits per heavy atom. The van der Waals surface area contributed by atoms with Crippen LogP contribution in [0.3, 0.4) is 0 Å². The van der Waals surface area contributed by atoms with Gasteiger partial charge in [0.15, 0.2) is 0 Å². The molecule has 7 nitrogen and oxygen atoms in total. The number of carbonyl (C=O) groups is 1. The van der Waals surface area contributed by atoms with Crippen molar-refractivity contribution in [2.45, 2.75) is 30.8 Å². The van der Waals surface area contributed by atoms with Crippen molar-refractivity contribution < 1.29 is 23.6 Å². The Kier molecular flexibility index (Phi) is 4.79. The highest BCUT2D eigenvalue weighted by molar-refractivity contribution is 5.85. The zero-order chi connectivity index (χ0) is 17.1. The van der Waals surface area contributed by atoms with Crippen molar-refractivity contribution in [3.05, 3.63) is 34.4 Å². The Morgan fingerprint density at radius 2 is 2.00 bits per heavy atom. The number of amides is 1. The molecule has 1 aliphatic rings. The van der Waals surface area contributed by atoms with Crippen LogP contribution in [0.1, 0.15) is 19.3 Å². The fourth-order valence-corrected chi connectivity index (χ4v) is 2.30. The topological polar surface area (TPSA) is 104 Å². The van der Waals surface area contributed by atoms with Crippen LogP contribution >= 0.6 is 0 Å². The van der Waals surface area contributed by atoms with Crippen LogP contribution in [-0.4, -0.2) is 40.6 Å². The summed E-state index contributed by atoms with van der Waals surface area (Å²) < 4.78 is 27.6. The molecule has 0 unspecified atom stereocenters. The summed E-state index contributed by atoms with van der Waals surface area (Å²) in [6.45, 7) is -0.123. The molecular formula is C14H17F2N3O4. The molecule has 0 heterocycles. The number of nitro benzene ring substituents is 1. The van der Waals surface area contributed by atoms with Crippen molar-refractivity contribution in [1.29, 1.82) is 0 Å². The zero-order valence-corrected chi connectivity index (χ0v) is 12.2. The molecule has 2 rings (SSSR count). The summed E-state index contributed by atoms with van der Waals surface area (Å²) in [7, 11) is 0. The summed E-state index contributed by atoms with van der Waals surface area (Å²) in [5.41, 5.74) is -2.17. The van der Waals surface area contributed by atoms with Crippen LogP contribution in [0.5, 0.6) is 0 Å². The summed E-state index contributed by atoms with van der Waals surface area (Å²) in [5.74, 6) is -5.38. The van der Waals surface area contributed by atoms with Crippen LogP contribution in [0.4, 0.5) is 20.2 Å². The van der Waals surface area contributed by atoms with Crippen molar-refractivity contribution >= 4 is 17.3 Å². The summed E-state index contributed by atoms with van der Waals surface area (Å²) in [4.78, 5) is 21.8. The lowest BCUT2D eigenvalue weighted by Gasteiger charge is -2.41. The molecule has 1 aromatic rings. The second-order valence-corrected chi connectivity index (χ2v) is 5.42. The first-order valence-electron chi connectivity index (χ1n) is 7.14. The third-order valence-corrected chi connectivity index (χ3v) is 3.88. The molecule has 1 aliphatic carbocycles. The summed E-state index contributed by atoms with van der Waals surface area (Å²) in [6, 6.07) is 5.88. The van der Waals surface area contributed by atoms with Crippen molar-refractivity contribution in [3.63, 3.8) is 0 Å². The van der Waals surface area contributed by atoms with E-state index in [9.17, 15) is 28.8 Å². The van der Waals surface area contributed by atoms with Gasteiger partial charge in [-0.1, -0.05) is 12.1 Å². The summed E-state index contributed by atoms with van der Waals surface area (Å²) >= 11 is 0. The van der Waals surface area contributed by atoms with Gasteiger partial charge in [0, 0.05) is 19.2 Å². The van der Waals surface area contributed by atoms with Gasteiger partial charge < -0.3 is 15.7 Å². The highest BCUT2D eigenvalue weighted by atomic mass is 19.3. The molecule has 0 aromatic heterocycles. The van der Waals surface area contributed by atoms with Crippen molar-refractivity contribution in [2.24, 2.45) is 0 Å². The number of rotatable bonds is 7. The van der Waals surface area contributed by atoms with Gasteiger partial charge in [-0.15, -0.1) is 0 Å². The van der Waals surface area contributed by atoms with Crippen LogP contribution in [0.15, 0.2) is 24.3 Å². The van der Waals surface area contributed by atoms with E-state index in [0.29, 0.717) is 6.42 Å². The van der Waals surface area contributed by atoms with Crippen LogP contribution in [0.2, 0.25) is 0 Å². The molecule has 0 saturated heterocycles. The molecule has 0 spiro atoms. The van der Waals surface area contributed by atoms with E-state index in [4.69, 9.17) is 0 Å². The molecule has 0 atom stereocenters. The van der Waals surface area contributed by atoms with E-state index < -0.39 is 22.4 Å². The molecule has 3 N–H and O–H groups in total. The molecule has 0 radical (unpaired) electrons. The molecule has 1 amide bonds. The number of aliphatic hydroxyl groups is 1. The van der Waals surface area contributed by atoms with Crippen molar-refractivity contribution in [1.82, 2.24) is 5.32 Å². The fraction of sp³-hybridized carbons (Fsp3) is 0.500. The average molecular weight is 329 g/mol. The Labute approximate surface area is 130 Å². The van der Waals surface area contributed by atoms with Gasteiger partial charge in [-0.3, -0.25) is 14.9 Å². The first-order chi connectivity index (χ1) is 10.8. The van der Waals surface area contributed by atoms with E-state index in [-0.39, 0.29) is 37.3 Å². The monoisotopic (exact) mass is 329 g/mol. The van der Waals surface area contributed by atoms with Gasteiger partial charge in [-0.2, -0.15) is 8.78 Å². The van der Waals surface area contributed by atoms with Crippen LogP contribution in [-0.2, 0) is 4.79 Å². The first-order valence-corrected chi connectivity index (χ1v) is 7.14. The molecule has 1 fully saturated rings. The number of nitrogens with zero attached hydrogens (tertiary/aromatic N) is 1. The second kappa shape index (κ2) is 6.45.